The van der Waals surface area contributed by atoms with Gasteiger partial charge in [-0.15, -0.1) is 11.8 Å². The molecule has 28 heavy (non-hydrogen) atoms. The highest BCUT2D eigenvalue weighted by Crippen LogP contribution is 2.38. The van der Waals surface area contributed by atoms with Gasteiger partial charge < -0.3 is 19.5 Å². The van der Waals surface area contributed by atoms with E-state index in [0.29, 0.717) is 42.6 Å². The standard InChI is InChI=1S/C19H18ClN3O4S/c20-12-3-4-15-13(10-12)21-18(25)16(28-15)11-17(24)22-5-7-23(8-6-22)19(26)14-2-1-9-27-14/h1-4,9-10,16H,5-8,11H2,(H,21,25). The number of nitrogens with one attached hydrogen (secondary N) is 1. The van der Waals surface area contributed by atoms with Crippen molar-refractivity contribution < 1.29 is 18.8 Å². The van der Waals surface area contributed by atoms with Crippen molar-refractivity contribution in [3.63, 3.8) is 0 Å². The van der Waals surface area contributed by atoms with Crippen LogP contribution in [0.25, 0.3) is 0 Å². The zero-order valence-corrected chi connectivity index (χ0v) is 16.5. The number of rotatable bonds is 3. The number of carbonyl (C=O) groups is 3. The number of benzene rings is 1. The van der Waals surface area contributed by atoms with Crippen molar-refractivity contribution in [2.75, 3.05) is 31.5 Å². The molecule has 1 aromatic heterocycles. The van der Waals surface area contributed by atoms with Crippen LogP contribution < -0.4 is 5.32 Å². The second-order valence-electron chi connectivity index (χ2n) is 6.59. The summed E-state index contributed by atoms with van der Waals surface area (Å²) < 4.78 is 5.14. The molecular weight excluding hydrogens is 402 g/mol. The van der Waals surface area contributed by atoms with Crippen LogP contribution in [0.3, 0.4) is 0 Å². The number of carbonyl (C=O) groups excluding carboxylic acids is 3. The molecule has 0 aliphatic carbocycles. The first-order valence-corrected chi connectivity index (χ1v) is 10.1. The summed E-state index contributed by atoms with van der Waals surface area (Å²) in [5.41, 5.74) is 0.677. The zero-order chi connectivity index (χ0) is 19.7. The molecule has 0 bridgehead atoms. The predicted octanol–water partition coefficient (Wildman–Crippen LogP) is 2.72. The van der Waals surface area contributed by atoms with Gasteiger partial charge in [0.2, 0.25) is 11.8 Å². The highest BCUT2D eigenvalue weighted by Gasteiger charge is 2.32. The monoisotopic (exact) mass is 419 g/mol. The second-order valence-corrected chi connectivity index (χ2v) is 8.27. The third kappa shape index (κ3) is 3.88. The van der Waals surface area contributed by atoms with Crippen molar-refractivity contribution in [2.24, 2.45) is 0 Å². The Bertz CT molecular complexity index is 910. The fourth-order valence-corrected chi connectivity index (χ4v) is 4.51. The highest BCUT2D eigenvalue weighted by atomic mass is 35.5. The molecular formula is C19H18ClN3O4S. The molecule has 1 atom stereocenters. The first-order valence-electron chi connectivity index (χ1n) is 8.89. The summed E-state index contributed by atoms with van der Waals surface area (Å²) in [5, 5.41) is 2.89. The molecule has 146 valence electrons. The van der Waals surface area contributed by atoms with E-state index in [2.05, 4.69) is 5.32 Å². The smallest absolute Gasteiger partial charge is 0.289 e. The van der Waals surface area contributed by atoms with E-state index in [9.17, 15) is 14.4 Å². The SMILES string of the molecule is O=C1Nc2cc(Cl)ccc2SC1CC(=O)N1CCN(C(=O)c2ccco2)CC1. The number of amides is 3. The van der Waals surface area contributed by atoms with E-state index in [1.807, 2.05) is 6.07 Å². The minimum atomic E-state index is -0.482. The summed E-state index contributed by atoms with van der Waals surface area (Å²) in [4.78, 5) is 41.6. The Morgan fingerprint density at radius 2 is 1.93 bits per heavy atom. The van der Waals surface area contributed by atoms with Crippen molar-refractivity contribution in [2.45, 2.75) is 16.6 Å². The maximum absolute atomic E-state index is 12.7. The number of halogens is 1. The summed E-state index contributed by atoms with van der Waals surface area (Å²) in [6.07, 6.45) is 1.58. The zero-order valence-electron chi connectivity index (χ0n) is 14.9. The van der Waals surface area contributed by atoms with E-state index in [0.717, 1.165) is 4.90 Å². The fraction of sp³-hybridized carbons (Fsp3) is 0.316. The third-order valence-corrected chi connectivity index (χ3v) is 6.28. The number of fused-ring (bicyclic) bond motifs is 1. The highest BCUT2D eigenvalue weighted by molar-refractivity contribution is 8.01. The predicted molar refractivity (Wildman–Crippen MR) is 106 cm³/mol. The van der Waals surface area contributed by atoms with Crippen molar-refractivity contribution in [3.05, 3.63) is 47.4 Å². The number of anilines is 1. The molecule has 1 fully saturated rings. The van der Waals surface area contributed by atoms with Crippen LogP contribution in [0.2, 0.25) is 5.02 Å². The average molecular weight is 420 g/mol. The van der Waals surface area contributed by atoms with Gasteiger partial charge in [0.05, 0.1) is 17.2 Å². The summed E-state index contributed by atoms with van der Waals surface area (Å²) in [5.74, 6) is -0.154. The Kier molecular flexibility index (Phi) is 5.32. The van der Waals surface area contributed by atoms with E-state index >= 15 is 0 Å². The maximum atomic E-state index is 12.7. The number of thioether (sulfide) groups is 1. The minimum absolute atomic E-state index is 0.0878. The van der Waals surface area contributed by atoms with Crippen LogP contribution in [-0.2, 0) is 9.59 Å². The van der Waals surface area contributed by atoms with Gasteiger partial charge in [-0.25, -0.2) is 0 Å². The Morgan fingerprint density at radius 3 is 2.64 bits per heavy atom. The first-order chi connectivity index (χ1) is 13.5. The number of hydrogen-bond donors (Lipinski definition) is 1. The van der Waals surface area contributed by atoms with Gasteiger partial charge in [0.15, 0.2) is 5.76 Å². The number of nitrogens with zero attached hydrogens (tertiary/aromatic N) is 2. The van der Waals surface area contributed by atoms with Crippen LogP contribution in [-0.4, -0.2) is 59.0 Å². The molecule has 0 radical (unpaired) electrons. The first kappa shape index (κ1) is 18.9. The molecule has 2 aliphatic rings. The molecule has 0 spiro atoms. The van der Waals surface area contributed by atoms with Crippen LogP contribution >= 0.6 is 23.4 Å². The molecule has 7 nitrogen and oxygen atoms in total. The molecule has 4 rings (SSSR count). The van der Waals surface area contributed by atoms with E-state index in [-0.39, 0.29) is 24.1 Å². The quantitative estimate of drug-likeness (QED) is 0.827. The summed E-state index contributed by atoms with van der Waals surface area (Å²) in [6, 6.07) is 8.61. The average Bonchev–Trinajstić information content (AvgIpc) is 3.23. The molecule has 2 aromatic rings. The van der Waals surface area contributed by atoms with Crippen molar-refractivity contribution in [1.82, 2.24) is 9.80 Å². The van der Waals surface area contributed by atoms with Gasteiger partial charge in [0.1, 0.15) is 0 Å². The molecule has 1 aromatic carbocycles. The van der Waals surface area contributed by atoms with Crippen molar-refractivity contribution in [3.8, 4) is 0 Å². The van der Waals surface area contributed by atoms with Crippen LogP contribution in [0.15, 0.2) is 45.9 Å². The molecule has 3 heterocycles. The van der Waals surface area contributed by atoms with E-state index in [4.69, 9.17) is 16.0 Å². The van der Waals surface area contributed by atoms with Gasteiger partial charge in [0, 0.05) is 42.5 Å². The largest absolute Gasteiger partial charge is 0.459 e. The van der Waals surface area contributed by atoms with Gasteiger partial charge in [-0.1, -0.05) is 11.6 Å². The molecule has 3 amide bonds. The minimum Gasteiger partial charge on any atom is -0.459 e. The van der Waals surface area contributed by atoms with Crippen LogP contribution in [0.4, 0.5) is 5.69 Å². The molecule has 2 aliphatic heterocycles. The Hall–Kier alpha value is -2.45. The summed E-state index contributed by atoms with van der Waals surface area (Å²) in [6.45, 7) is 1.76. The van der Waals surface area contributed by atoms with Gasteiger partial charge >= 0.3 is 0 Å². The van der Waals surface area contributed by atoms with Crippen LogP contribution in [0.5, 0.6) is 0 Å². The lowest BCUT2D eigenvalue weighted by Gasteiger charge is -2.35. The number of furan rings is 1. The third-order valence-electron chi connectivity index (χ3n) is 4.77. The summed E-state index contributed by atoms with van der Waals surface area (Å²) in [7, 11) is 0. The maximum Gasteiger partial charge on any atom is 0.289 e. The van der Waals surface area contributed by atoms with Crippen molar-refractivity contribution in [1.29, 1.82) is 0 Å². The summed E-state index contributed by atoms with van der Waals surface area (Å²) >= 11 is 7.33. The van der Waals surface area contributed by atoms with Crippen molar-refractivity contribution >= 4 is 46.8 Å². The Morgan fingerprint density at radius 1 is 1.18 bits per heavy atom. The van der Waals surface area contributed by atoms with Gasteiger partial charge in [-0.05, 0) is 30.3 Å². The van der Waals surface area contributed by atoms with Gasteiger partial charge in [-0.2, -0.15) is 0 Å². The van der Waals surface area contributed by atoms with Crippen LogP contribution in [0, 0.1) is 0 Å². The van der Waals surface area contributed by atoms with E-state index in [1.54, 1.807) is 34.1 Å². The Balaban J connectivity index is 1.33. The van der Waals surface area contributed by atoms with E-state index < -0.39 is 5.25 Å². The van der Waals surface area contributed by atoms with Gasteiger partial charge in [0.25, 0.3) is 5.91 Å². The molecule has 9 heteroatoms. The molecule has 0 saturated carbocycles. The number of piperazine rings is 1. The lowest BCUT2D eigenvalue weighted by molar-refractivity contribution is -0.134. The molecule has 1 saturated heterocycles. The molecule has 1 N–H and O–H groups in total. The normalized spacial score (nSPS) is 19.2. The van der Waals surface area contributed by atoms with E-state index in [1.165, 1.54) is 18.0 Å². The lowest BCUT2D eigenvalue weighted by atomic mass is 10.2. The van der Waals surface area contributed by atoms with Crippen LogP contribution in [0.1, 0.15) is 17.0 Å². The Labute approximate surface area is 171 Å². The fourth-order valence-electron chi connectivity index (χ4n) is 3.26. The lowest BCUT2D eigenvalue weighted by Crippen LogP contribution is -2.51. The van der Waals surface area contributed by atoms with Gasteiger partial charge in [-0.3, -0.25) is 14.4 Å². The number of hydrogen-bond acceptors (Lipinski definition) is 5. The second kappa shape index (κ2) is 7.89. The molecule has 1 unspecified atom stereocenters. The topological polar surface area (TPSA) is 82.9 Å².